The zero-order chi connectivity index (χ0) is 17.1. The lowest BCUT2D eigenvalue weighted by atomic mass is 9.95. The molecular weight excluding hydrogens is 320 g/mol. The number of benzene rings is 1. The predicted octanol–water partition coefficient (Wildman–Crippen LogP) is 2.13. The number of anilines is 1. The Hall–Kier alpha value is -2.74. The maximum atomic E-state index is 11.9. The van der Waals surface area contributed by atoms with Crippen molar-refractivity contribution in [3.63, 3.8) is 0 Å². The Morgan fingerprint density at radius 2 is 1.70 bits per heavy atom. The first kappa shape index (κ1) is 16.6. The van der Waals surface area contributed by atoms with E-state index < -0.39 is 28.6 Å². The summed E-state index contributed by atoms with van der Waals surface area (Å²) in [7, 11) is 0. The number of carbonyl (C=O) groups is 2. The van der Waals surface area contributed by atoms with Crippen molar-refractivity contribution in [2.24, 2.45) is 0 Å². The Labute approximate surface area is 135 Å². The third-order valence-corrected chi connectivity index (χ3v) is 4.02. The van der Waals surface area contributed by atoms with Gasteiger partial charge in [-0.15, -0.1) is 11.8 Å². The zero-order valence-corrected chi connectivity index (χ0v) is 12.9. The largest absolute Gasteiger partial charge is 0.478 e. The zero-order valence-electron chi connectivity index (χ0n) is 12.1. The number of aromatic carboxylic acids is 2. The molecule has 2 aromatic rings. The highest BCUT2D eigenvalue weighted by atomic mass is 32.2. The summed E-state index contributed by atoms with van der Waals surface area (Å²) in [5.41, 5.74) is 3.66. The molecule has 0 radical (unpaired) electrons. The number of nitrogens with two attached hydrogens (primary N) is 1. The molecule has 1 aromatic carbocycles. The number of rotatable bonds is 5. The van der Waals surface area contributed by atoms with Gasteiger partial charge in [-0.25, -0.2) is 9.59 Å². The van der Waals surface area contributed by atoms with Gasteiger partial charge in [-0.1, -0.05) is 19.1 Å². The van der Waals surface area contributed by atoms with Gasteiger partial charge in [-0.3, -0.25) is 4.79 Å². The molecule has 0 atom stereocenters. The van der Waals surface area contributed by atoms with Crippen LogP contribution < -0.4 is 11.3 Å². The predicted molar refractivity (Wildman–Crippen MR) is 87.2 cm³/mol. The number of carboxylic acids is 2. The van der Waals surface area contributed by atoms with E-state index in [1.165, 1.54) is 0 Å². The summed E-state index contributed by atoms with van der Waals surface area (Å²) in [6, 6.07) is 6.62. The van der Waals surface area contributed by atoms with Crippen LogP contribution >= 0.6 is 11.8 Å². The van der Waals surface area contributed by atoms with E-state index in [1.807, 2.05) is 6.92 Å². The second-order valence-electron chi connectivity index (χ2n) is 4.56. The summed E-state index contributed by atoms with van der Waals surface area (Å²) in [4.78, 5) is 37.8. The number of thioether (sulfide) groups is 1. The first-order valence-corrected chi connectivity index (χ1v) is 7.61. The fraction of sp³-hybridized carbons (Fsp3) is 0.133. The normalized spacial score (nSPS) is 10.5. The van der Waals surface area contributed by atoms with Crippen LogP contribution in [0.1, 0.15) is 27.6 Å². The Balaban J connectivity index is 2.79. The van der Waals surface area contributed by atoms with Crippen LogP contribution in [0.4, 0.5) is 5.82 Å². The lowest BCUT2D eigenvalue weighted by Crippen LogP contribution is -2.24. The summed E-state index contributed by atoms with van der Waals surface area (Å²) in [6.45, 7) is 1.99. The minimum absolute atomic E-state index is 0.195. The van der Waals surface area contributed by atoms with Crippen LogP contribution in [0.3, 0.4) is 0 Å². The molecule has 0 bridgehead atoms. The molecule has 0 fully saturated rings. The minimum atomic E-state index is -1.52. The van der Waals surface area contributed by atoms with Gasteiger partial charge in [0.15, 0.2) is 0 Å². The fourth-order valence-corrected chi connectivity index (χ4v) is 2.88. The molecule has 1 aromatic heterocycles. The molecule has 2 rings (SSSR count). The number of carboxylic acid groups (broad SMARTS) is 2. The van der Waals surface area contributed by atoms with Crippen molar-refractivity contribution in [1.29, 1.82) is 0 Å². The molecule has 5 N–H and O–H groups in total. The molecule has 23 heavy (non-hydrogen) atoms. The third-order valence-electron chi connectivity index (χ3n) is 3.13. The van der Waals surface area contributed by atoms with Gasteiger partial charge in [0, 0.05) is 10.5 Å². The number of aromatic nitrogens is 1. The molecule has 0 aliphatic heterocycles. The highest BCUT2D eigenvalue weighted by molar-refractivity contribution is 7.99. The maximum Gasteiger partial charge on any atom is 0.342 e. The minimum Gasteiger partial charge on any atom is -0.478 e. The van der Waals surface area contributed by atoms with Crippen molar-refractivity contribution < 1.29 is 19.8 Å². The highest BCUT2D eigenvalue weighted by Crippen LogP contribution is 2.30. The highest BCUT2D eigenvalue weighted by Gasteiger charge is 2.26. The topological polar surface area (TPSA) is 133 Å². The Morgan fingerprint density at radius 1 is 1.13 bits per heavy atom. The molecule has 0 aliphatic rings. The average molecular weight is 334 g/mol. The molecule has 0 aliphatic carbocycles. The molecular formula is C15H14N2O5S. The van der Waals surface area contributed by atoms with Crippen LogP contribution in [-0.2, 0) is 0 Å². The lowest BCUT2D eigenvalue weighted by Gasteiger charge is -2.12. The van der Waals surface area contributed by atoms with E-state index in [0.717, 1.165) is 10.6 Å². The molecule has 0 amide bonds. The van der Waals surface area contributed by atoms with Crippen molar-refractivity contribution in [2.75, 3.05) is 11.5 Å². The van der Waals surface area contributed by atoms with E-state index in [2.05, 4.69) is 4.98 Å². The van der Waals surface area contributed by atoms with Gasteiger partial charge in [-0.2, -0.15) is 0 Å². The second-order valence-corrected chi connectivity index (χ2v) is 5.90. The number of nitrogen functional groups attached to an aromatic ring is 1. The summed E-state index contributed by atoms with van der Waals surface area (Å²) in [5, 5.41) is 18.6. The van der Waals surface area contributed by atoms with Gasteiger partial charge in [0.25, 0.3) is 5.56 Å². The number of H-pyrrole nitrogens is 1. The van der Waals surface area contributed by atoms with Gasteiger partial charge in [0.2, 0.25) is 0 Å². The molecule has 0 spiro atoms. The monoisotopic (exact) mass is 334 g/mol. The Morgan fingerprint density at radius 3 is 2.17 bits per heavy atom. The maximum absolute atomic E-state index is 11.9. The number of aromatic amines is 1. The summed E-state index contributed by atoms with van der Waals surface area (Å²) < 4.78 is 0. The number of nitrogens with one attached hydrogen (secondary N) is 1. The molecule has 0 saturated heterocycles. The molecule has 1 heterocycles. The number of pyridine rings is 1. The molecule has 8 heteroatoms. The van der Waals surface area contributed by atoms with Gasteiger partial charge < -0.3 is 20.9 Å². The summed E-state index contributed by atoms with van der Waals surface area (Å²) >= 11 is 1.58. The van der Waals surface area contributed by atoms with Crippen LogP contribution in [0.2, 0.25) is 0 Å². The van der Waals surface area contributed by atoms with Crippen LogP contribution in [0, 0.1) is 0 Å². The summed E-state index contributed by atoms with van der Waals surface area (Å²) in [5.74, 6) is -2.45. The van der Waals surface area contributed by atoms with Crippen molar-refractivity contribution in [1.82, 2.24) is 4.98 Å². The third kappa shape index (κ3) is 3.21. The van der Waals surface area contributed by atoms with Crippen LogP contribution in [0.5, 0.6) is 0 Å². The average Bonchev–Trinajstić information content (AvgIpc) is 2.46. The van der Waals surface area contributed by atoms with Gasteiger partial charge in [0.05, 0.1) is 0 Å². The lowest BCUT2D eigenvalue weighted by molar-refractivity contribution is 0.0695. The number of hydrogen-bond acceptors (Lipinski definition) is 5. The van der Waals surface area contributed by atoms with E-state index >= 15 is 0 Å². The van der Waals surface area contributed by atoms with Gasteiger partial charge >= 0.3 is 11.9 Å². The van der Waals surface area contributed by atoms with E-state index in [9.17, 15) is 24.6 Å². The van der Waals surface area contributed by atoms with Crippen LogP contribution in [0.15, 0.2) is 34.0 Å². The SMILES string of the molecule is CCSc1ccc(-c2c(C(=O)O)c(N)[nH]c(=O)c2C(=O)O)cc1. The van der Waals surface area contributed by atoms with Crippen molar-refractivity contribution in [3.8, 4) is 11.1 Å². The summed E-state index contributed by atoms with van der Waals surface area (Å²) in [6.07, 6.45) is 0. The fourth-order valence-electron chi connectivity index (χ4n) is 2.22. The smallest absolute Gasteiger partial charge is 0.342 e. The van der Waals surface area contributed by atoms with Crippen LogP contribution in [-0.4, -0.2) is 32.9 Å². The molecule has 120 valence electrons. The quantitative estimate of drug-likeness (QED) is 0.615. The van der Waals surface area contributed by atoms with Gasteiger partial charge in [0.1, 0.15) is 16.9 Å². The van der Waals surface area contributed by atoms with E-state index in [0.29, 0.717) is 5.56 Å². The van der Waals surface area contributed by atoms with Crippen molar-refractivity contribution in [3.05, 3.63) is 45.7 Å². The molecule has 0 unspecified atom stereocenters. The van der Waals surface area contributed by atoms with Crippen molar-refractivity contribution >= 4 is 29.5 Å². The first-order valence-electron chi connectivity index (χ1n) is 6.62. The Bertz CT molecular complexity index is 827. The second kappa shape index (κ2) is 6.57. The standard InChI is InChI=1S/C15H14N2O5S/c1-2-23-8-5-3-7(4-6-8)9-10(14(19)20)12(16)17-13(18)11(9)15(21)22/h3-6H,2H2,1H3,(H,19,20)(H,21,22)(H3,16,17,18). The molecule has 0 saturated carbocycles. The van der Waals surface area contributed by atoms with Crippen molar-refractivity contribution in [2.45, 2.75) is 11.8 Å². The first-order chi connectivity index (χ1) is 10.9. The van der Waals surface area contributed by atoms with Gasteiger partial charge in [-0.05, 0) is 23.4 Å². The molecule has 7 nitrogen and oxygen atoms in total. The Kier molecular flexibility index (Phi) is 4.75. The van der Waals surface area contributed by atoms with E-state index in [4.69, 9.17) is 5.73 Å². The van der Waals surface area contributed by atoms with Crippen LogP contribution in [0.25, 0.3) is 11.1 Å². The van der Waals surface area contributed by atoms with E-state index in [1.54, 1.807) is 36.0 Å². The van der Waals surface area contributed by atoms with E-state index in [-0.39, 0.29) is 11.4 Å². The number of hydrogen-bond donors (Lipinski definition) is 4.